The number of hydrogen-bond acceptors (Lipinski definition) is 6. The summed E-state index contributed by atoms with van der Waals surface area (Å²) in [5, 5.41) is 0. The first-order valence-electron chi connectivity index (χ1n) is 8.69. The highest BCUT2D eigenvalue weighted by Gasteiger charge is 2.15. The van der Waals surface area contributed by atoms with Crippen LogP contribution < -0.4 is 28.4 Å². The highest BCUT2D eigenvalue weighted by molar-refractivity contribution is 5.55. The Hall–Kier alpha value is -2.76. The second-order valence-corrected chi connectivity index (χ2v) is 5.92. The molecule has 0 amide bonds. The van der Waals surface area contributed by atoms with E-state index in [1.165, 1.54) is 0 Å². The summed E-state index contributed by atoms with van der Waals surface area (Å²) >= 11 is 0. The van der Waals surface area contributed by atoms with Crippen LogP contribution in [0.2, 0.25) is 0 Å². The minimum atomic E-state index is 0.605. The van der Waals surface area contributed by atoms with Crippen LogP contribution in [0.5, 0.6) is 34.5 Å². The lowest BCUT2D eigenvalue weighted by Gasteiger charge is -2.15. The lowest BCUT2D eigenvalue weighted by molar-refractivity contribution is 0.323. The molecule has 0 atom stereocenters. The number of methoxy groups -OCH3 is 6. The van der Waals surface area contributed by atoms with E-state index in [9.17, 15) is 0 Å². The summed E-state index contributed by atoms with van der Waals surface area (Å²) in [7, 11) is 9.69. The first-order chi connectivity index (χ1) is 13.1. The van der Waals surface area contributed by atoms with Crippen LogP contribution in [-0.2, 0) is 12.8 Å². The molecule has 6 heteroatoms. The van der Waals surface area contributed by atoms with Crippen molar-refractivity contribution in [2.24, 2.45) is 0 Å². The molecular formula is C21H28O6. The molecule has 0 heterocycles. The van der Waals surface area contributed by atoms with Gasteiger partial charge in [0.1, 0.15) is 0 Å². The Bertz CT molecular complexity index is 643. The third-order valence-corrected chi connectivity index (χ3v) is 4.38. The van der Waals surface area contributed by atoms with Gasteiger partial charge >= 0.3 is 0 Å². The van der Waals surface area contributed by atoms with Crippen LogP contribution in [0, 0.1) is 0 Å². The Morgan fingerprint density at radius 3 is 1.00 bits per heavy atom. The molecule has 0 saturated heterocycles. The van der Waals surface area contributed by atoms with E-state index < -0.39 is 0 Å². The van der Waals surface area contributed by atoms with E-state index in [1.807, 2.05) is 24.3 Å². The summed E-state index contributed by atoms with van der Waals surface area (Å²) in [6.07, 6.45) is 2.68. The van der Waals surface area contributed by atoms with Gasteiger partial charge in [-0.15, -0.1) is 0 Å². The average molecular weight is 376 g/mol. The largest absolute Gasteiger partial charge is 0.493 e. The zero-order chi connectivity index (χ0) is 19.8. The first-order valence-corrected chi connectivity index (χ1v) is 8.69. The van der Waals surface area contributed by atoms with Gasteiger partial charge in [-0.3, -0.25) is 0 Å². The van der Waals surface area contributed by atoms with Crippen molar-refractivity contribution in [3.05, 3.63) is 35.4 Å². The zero-order valence-electron chi connectivity index (χ0n) is 16.9. The van der Waals surface area contributed by atoms with Gasteiger partial charge in [0.2, 0.25) is 11.5 Å². The Morgan fingerprint density at radius 1 is 0.481 bits per heavy atom. The van der Waals surface area contributed by atoms with Crippen LogP contribution in [-0.4, -0.2) is 42.7 Å². The molecule has 0 bridgehead atoms. The fourth-order valence-corrected chi connectivity index (χ4v) is 3.06. The number of benzene rings is 2. The van der Waals surface area contributed by atoms with E-state index >= 15 is 0 Å². The quantitative estimate of drug-likeness (QED) is 0.627. The topological polar surface area (TPSA) is 55.4 Å². The van der Waals surface area contributed by atoms with Crippen molar-refractivity contribution in [1.82, 2.24) is 0 Å². The van der Waals surface area contributed by atoms with Crippen molar-refractivity contribution >= 4 is 0 Å². The Morgan fingerprint density at radius 2 is 0.778 bits per heavy atom. The van der Waals surface area contributed by atoms with Crippen molar-refractivity contribution in [3.63, 3.8) is 0 Å². The smallest absolute Gasteiger partial charge is 0.203 e. The first kappa shape index (κ1) is 20.6. The molecule has 2 rings (SSSR count). The van der Waals surface area contributed by atoms with Crippen molar-refractivity contribution in [3.8, 4) is 34.5 Å². The summed E-state index contributed by atoms with van der Waals surface area (Å²) < 4.78 is 32.4. The van der Waals surface area contributed by atoms with E-state index in [1.54, 1.807) is 42.7 Å². The Balaban J connectivity index is 2.14. The van der Waals surface area contributed by atoms with Crippen LogP contribution in [0.15, 0.2) is 24.3 Å². The second-order valence-electron chi connectivity index (χ2n) is 5.92. The minimum Gasteiger partial charge on any atom is -0.493 e. The molecule has 0 aliphatic rings. The molecule has 6 nitrogen and oxygen atoms in total. The molecule has 0 aliphatic carbocycles. The van der Waals surface area contributed by atoms with Gasteiger partial charge in [-0.05, 0) is 54.7 Å². The van der Waals surface area contributed by atoms with Crippen LogP contribution >= 0.6 is 0 Å². The van der Waals surface area contributed by atoms with Gasteiger partial charge in [-0.2, -0.15) is 0 Å². The number of hydrogen-bond donors (Lipinski definition) is 0. The predicted octanol–water partition coefficient (Wildman–Crippen LogP) is 3.91. The van der Waals surface area contributed by atoms with Gasteiger partial charge in [-0.1, -0.05) is 0 Å². The Kier molecular flexibility index (Phi) is 7.46. The van der Waals surface area contributed by atoms with Crippen molar-refractivity contribution in [2.75, 3.05) is 42.7 Å². The van der Waals surface area contributed by atoms with Crippen LogP contribution in [0.4, 0.5) is 0 Å². The standard InChI is InChI=1S/C21H28O6/c1-22-16-10-14(11-17(23-2)20(16)26-5)8-7-9-15-12-18(24-3)21(27-6)19(13-15)25-4/h10-13H,7-9H2,1-6H3. The Labute approximate surface area is 160 Å². The molecule has 0 fully saturated rings. The third kappa shape index (κ3) is 4.70. The van der Waals surface area contributed by atoms with E-state index in [4.69, 9.17) is 28.4 Å². The van der Waals surface area contributed by atoms with Crippen LogP contribution in [0.1, 0.15) is 17.5 Å². The highest BCUT2D eigenvalue weighted by atomic mass is 16.5. The number of ether oxygens (including phenoxy) is 6. The molecule has 0 aromatic heterocycles. The molecule has 0 N–H and O–H groups in total. The summed E-state index contributed by atoms with van der Waals surface area (Å²) in [4.78, 5) is 0. The lowest BCUT2D eigenvalue weighted by Crippen LogP contribution is -1.99. The predicted molar refractivity (Wildman–Crippen MR) is 104 cm³/mol. The van der Waals surface area contributed by atoms with Crippen molar-refractivity contribution in [1.29, 1.82) is 0 Å². The normalized spacial score (nSPS) is 10.3. The minimum absolute atomic E-state index is 0.605. The number of rotatable bonds is 10. The van der Waals surface area contributed by atoms with Crippen LogP contribution in [0.3, 0.4) is 0 Å². The molecule has 0 aliphatic heterocycles. The fourth-order valence-electron chi connectivity index (χ4n) is 3.06. The molecule has 148 valence electrons. The second kappa shape index (κ2) is 9.80. The monoisotopic (exact) mass is 376 g/mol. The fraction of sp³-hybridized carbons (Fsp3) is 0.429. The maximum Gasteiger partial charge on any atom is 0.203 e. The lowest BCUT2D eigenvalue weighted by atomic mass is 10.0. The van der Waals surface area contributed by atoms with Crippen molar-refractivity contribution < 1.29 is 28.4 Å². The molecule has 0 unspecified atom stereocenters. The molecule has 2 aromatic carbocycles. The average Bonchev–Trinajstić information content (AvgIpc) is 2.71. The maximum atomic E-state index is 5.42. The molecular weight excluding hydrogens is 348 g/mol. The molecule has 27 heavy (non-hydrogen) atoms. The highest BCUT2D eigenvalue weighted by Crippen LogP contribution is 2.40. The summed E-state index contributed by atoms with van der Waals surface area (Å²) in [6, 6.07) is 7.93. The van der Waals surface area contributed by atoms with Gasteiger partial charge in [0.25, 0.3) is 0 Å². The zero-order valence-corrected chi connectivity index (χ0v) is 16.9. The van der Waals surface area contributed by atoms with Crippen LogP contribution in [0.25, 0.3) is 0 Å². The van der Waals surface area contributed by atoms with E-state index in [0.29, 0.717) is 34.5 Å². The van der Waals surface area contributed by atoms with E-state index in [2.05, 4.69) is 0 Å². The maximum absolute atomic E-state index is 5.42. The van der Waals surface area contributed by atoms with E-state index in [-0.39, 0.29) is 0 Å². The summed E-state index contributed by atoms with van der Waals surface area (Å²) in [5.41, 5.74) is 2.24. The number of aryl methyl sites for hydroxylation is 2. The summed E-state index contributed by atoms with van der Waals surface area (Å²) in [5.74, 6) is 3.88. The van der Waals surface area contributed by atoms with E-state index in [0.717, 1.165) is 30.4 Å². The van der Waals surface area contributed by atoms with Gasteiger partial charge in [0, 0.05) is 0 Å². The molecule has 0 saturated carbocycles. The van der Waals surface area contributed by atoms with Gasteiger partial charge in [0.15, 0.2) is 23.0 Å². The van der Waals surface area contributed by atoms with Gasteiger partial charge < -0.3 is 28.4 Å². The SMILES string of the molecule is COc1cc(CCCc2cc(OC)c(OC)c(OC)c2)cc(OC)c1OC. The van der Waals surface area contributed by atoms with Gasteiger partial charge in [0.05, 0.1) is 42.7 Å². The molecule has 2 aromatic rings. The summed E-state index contributed by atoms with van der Waals surface area (Å²) in [6.45, 7) is 0. The molecule has 0 radical (unpaired) electrons. The molecule has 0 spiro atoms. The third-order valence-electron chi connectivity index (χ3n) is 4.38. The van der Waals surface area contributed by atoms with Gasteiger partial charge in [-0.25, -0.2) is 0 Å². The van der Waals surface area contributed by atoms with Crippen molar-refractivity contribution in [2.45, 2.75) is 19.3 Å².